The lowest BCUT2D eigenvalue weighted by atomic mass is 10.2. The van der Waals surface area contributed by atoms with Crippen molar-refractivity contribution < 1.29 is 18.3 Å². The topological polar surface area (TPSA) is 67.8 Å². The van der Waals surface area contributed by atoms with Crippen molar-refractivity contribution in [3.8, 4) is 11.5 Å². The molecule has 0 aliphatic heterocycles. The second kappa shape index (κ2) is 11.7. The third-order valence-electron chi connectivity index (χ3n) is 3.69. The molecule has 0 amide bonds. The number of halogens is 2. The Labute approximate surface area is 164 Å². The number of alkyl halides is 2. The van der Waals surface area contributed by atoms with Gasteiger partial charge in [0.1, 0.15) is 0 Å². The smallest absolute Gasteiger partial charge is 0.387 e. The molecular formula is C20H26F2N4O2. The molecule has 0 bridgehead atoms. The second-order valence-electron chi connectivity index (χ2n) is 5.79. The Kier molecular flexibility index (Phi) is 8.97. The Morgan fingerprint density at radius 2 is 2.00 bits per heavy atom. The minimum absolute atomic E-state index is 0.0185. The number of rotatable bonds is 10. The molecule has 0 unspecified atom stereocenters. The molecule has 8 heteroatoms. The van der Waals surface area contributed by atoms with Crippen LogP contribution in [0.15, 0.2) is 47.6 Å². The predicted molar refractivity (Wildman–Crippen MR) is 105 cm³/mol. The fourth-order valence-corrected chi connectivity index (χ4v) is 2.48. The van der Waals surface area contributed by atoms with Crippen molar-refractivity contribution in [1.29, 1.82) is 0 Å². The fourth-order valence-electron chi connectivity index (χ4n) is 2.48. The van der Waals surface area contributed by atoms with Crippen LogP contribution in [0.2, 0.25) is 0 Å². The Morgan fingerprint density at radius 1 is 1.14 bits per heavy atom. The van der Waals surface area contributed by atoms with Gasteiger partial charge in [0.15, 0.2) is 17.5 Å². The van der Waals surface area contributed by atoms with Crippen molar-refractivity contribution in [2.75, 3.05) is 19.7 Å². The minimum atomic E-state index is -2.90. The van der Waals surface area contributed by atoms with Gasteiger partial charge in [-0.05, 0) is 43.7 Å². The zero-order chi connectivity index (χ0) is 20.2. The molecular weight excluding hydrogens is 366 g/mol. The van der Waals surface area contributed by atoms with Gasteiger partial charge in [-0.2, -0.15) is 8.78 Å². The highest BCUT2D eigenvalue weighted by molar-refractivity contribution is 5.79. The molecule has 2 rings (SSSR count). The Hall–Kier alpha value is -2.90. The predicted octanol–water partition coefficient (Wildman–Crippen LogP) is 3.38. The number of aliphatic imine (C=N–C) groups is 1. The van der Waals surface area contributed by atoms with Crippen LogP contribution >= 0.6 is 0 Å². The maximum Gasteiger partial charge on any atom is 0.387 e. The second-order valence-corrected chi connectivity index (χ2v) is 5.79. The summed E-state index contributed by atoms with van der Waals surface area (Å²) in [6.45, 7) is 3.00. The number of hydrogen-bond acceptors (Lipinski definition) is 4. The molecule has 1 heterocycles. The lowest BCUT2D eigenvalue weighted by molar-refractivity contribution is -0.0514. The van der Waals surface area contributed by atoms with E-state index in [0.717, 1.165) is 24.2 Å². The minimum Gasteiger partial charge on any atom is -0.490 e. The summed E-state index contributed by atoms with van der Waals surface area (Å²) in [5, 5.41) is 6.44. The number of nitrogens with zero attached hydrogens (tertiary/aromatic N) is 2. The average Bonchev–Trinajstić information content (AvgIpc) is 2.68. The van der Waals surface area contributed by atoms with Gasteiger partial charge < -0.3 is 20.1 Å². The Morgan fingerprint density at radius 3 is 2.68 bits per heavy atom. The highest BCUT2D eigenvalue weighted by atomic mass is 19.3. The van der Waals surface area contributed by atoms with Gasteiger partial charge in [-0.15, -0.1) is 0 Å². The van der Waals surface area contributed by atoms with Crippen molar-refractivity contribution in [3.63, 3.8) is 0 Å². The Bertz CT molecular complexity index is 742. The molecule has 6 nitrogen and oxygen atoms in total. The maximum atomic E-state index is 12.5. The first kappa shape index (κ1) is 21.4. The van der Waals surface area contributed by atoms with Crippen LogP contribution in [0.25, 0.3) is 0 Å². The van der Waals surface area contributed by atoms with Crippen molar-refractivity contribution in [1.82, 2.24) is 15.6 Å². The van der Waals surface area contributed by atoms with Crippen LogP contribution in [-0.4, -0.2) is 37.3 Å². The van der Waals surface area contributed by atoms with E-state index in [0.29, 0.717) is 25.7 Å². The van der Waals surface area contributed by atoms with Crippen LogP contribution < -0.4 is 20.1 Å². The summed E-state index contributed by atoms with van der Waals surface area (Å²) in [5.74, 6) is 0.970. The number of pyridine rings is 1. The highest BCUT2D eigenvalue weighted by Gasteiger charge is 2.11. The van der Waals surface area contributed by atoms with Crippen molar-refractivity contribution in [2.24, 2.45) is 4.99 Å². The quantitative estimate of drug-likeness (QED) is 0.479. The molecule has 0 aliphatic rings. The number of benzene rings is 1. The molecule has 0 saturated heterocycles. The summed E-state index contributed by atoms with van der Waals surface area (Å²) in [7, 11) is 0. The third-order valence-corrected chi connectivity index (χ3v) is 3.69. The molecule has 2 aromatic rings. The molecule has 0 atom stereocenters. The molecule has 1 aromatic carbocycles. The fraction of sp³-hybridized carbons (Fsp3) is 0.400. The van der Waals surface area contributed by atoms with Crippen LogP contribution in [0.5, 0.6) is 11.5 Å². The SMILES string of the molecule is CCNC(=NCc1ccc(OC(F)F)c(OCC)c1)NCCc1ccccn1. The van der Waals surface area contributed by atoms with Crippen LogP contribution in [0.4, 0.5) is 8.78 Å². The van der Waals surface area contributed by atoms with Gasteiger partial charge in [0, 0.05) is 31.4 Å². The molecule has 0 fully saturated rings. The van der Waals surface area contributed by atoms with Gasteiger partial charge in [0.25, 0.3) is 0 Å². The summed E-state index contributed by atoms with van der Waals surface area (Å²) in [5.41, 5.74) is 1.83. The lowest BCUT2D eigenvalue weighted by Crippen LogP contribution is -2.38. The van der Waals surface area contributed by atoms with E-state index < -0.39 is 6.61 Å². The molecule has 152 valence electrons. The van der Waals surface area contributed by atoms with Gasteiger partial charge in [0.05, 0.1) is 13.2 Å². The first-order chi connectivity index (χ1) is 13.6. The summed E-state index contributed by atoms with van der Waals surface area (Å²) in [6.07, 6.45) is 2.55. The van der Waals surface area contributed by atoms with Gasteiger partial charge >= 0.3 is 6.61 Å². The summed E-state index contributed by atoms with van der Waals surface area (Å²) < 4.78 is 34.9. The Balaban J connectivity index is 1.99. The van der Waals surface area contributed by atoms with E-state index in [1.807, 2.05) is 25.1 Å². The average molecular weight is 392 g/mol. The number of nitrogens with one attached hydrogen (secondary N) is 2. The summed E-state index contributed by atoms with van der Waals surface area (Å²) >= 11 is 0. The van der Waals surface area contributed by atoms with E-state index in [4.69, 9.17) is 4.74 Å². The van der Waals surface area contributed by atoms with Gasteiger partial charge in [-0.1, -0.05) is 12.1 Å². The van der Waals surface area contributed by atoms with E-state index in [1.54, 1.807) is 25.3 Å². The monoisotopic (exact) mass is 392 g/mol. The number of aromatic nitrogens is 1. The molecule has 0 aliphatic carbocycles. The van der Waals surface area contributed by atoms with E-state index in [-0.39, 0.29) is 11.5 Å². The molecule has 28 heavy (non-hydrogen) atoms. The highest BCUT2D eigenvalue weighted by Crippen LogP contribution is 2.30. The van der Waals surface area contributed by atoms with E-state index in [9.17, 15) is 8.78 Å². The van der Waals surface area contributed by atoms with Crippen molar-refractivity contribution >= 4 is 5.96 Å². The zero-order valence-corrected chi connectivity index (χ0v) is 16.1. The molecule has 0 radical (unpaired) electrons. The van der Waals surface area contributed by atoms with Crippen LogP contribution in [-0.2, 0) is 13.0 Å². The number of hydrogen-bond donors (Lipinski definition) is 2. The summed E-state index contributed by atoms with van der Waals surface area (Å²) in [6, 6.07) is 10.7. The molecule has 0 spiro atoms. The van der Waals surface area contributed by atoms with E-state index >= 15 is 0 Å². The van der Waals surface area contributed by atoms with Gasteiger partial charge in [-0.25, -0.2) is 4.99 Å². The third kappa shape index (κ3) is 7.38. The number of guanidine groups is 1. The van der Waals surface area contributed by atoms with Gasteiger partial charge in [0.2, 0.25) is 0 Å². The summed E-state index contributed by atoms with van der Waals surface area (Å²) in [4.78, 5) is 8.83. The standard InChI is InChI=1S/C20H26F2N4O2/c1-3-23-20(25-12-10-16-7-5-6-11-24-16)26-14-15-8-9-17(28-19(21)22)18(13-15)27-4-2/h5-9,11,13,19H,3-4,10,12,14H2,1-2H3,(H2,23,25,26). The van der Waals surface area contributed by atoms with Crippen molar-refractivity contribution in [2.45, 2.75) is 33.4 Å². The lowest BCUT2D eigenvalue weighted by Gasteiger charge is -2.13. The molecule has 1 aromatic heterocycles. The van der Waals surface area contributed by atoms with E-state index in [2.05, 4.69) is 25.3 Å². The van der Waals surface area contributed by atoms with Crippen LogP contribution in [0.1, 0.15) is 25.1 Å². The van der Waals surface area contributed by atoms with Crippen LogP contribution in [0, 0.1) is 0 Å². The van der Waals surface area contributed by atoms with Crippen LogP contribution in [0.3, 0.4) is 0 Å². The normalized spacial score (nSPS) is 11.4. The first-order valence-electron chi connectivity index (χ1n) is 9.25. The largest absolute Gasteiger partial charge is 0.490 e. The molecule has 0 saturated carbocycles. The number of ether oxygens (including phenoxy) is 2. The first-order valence-corrected chi connectivity index (χ1v) is 9.25. The zero-order valence-electron chi connectivity index (χ0n) is 16.1. The molecule has 2 N–H and O–H groups in total. The van der Waals surface area contributed by atoms with E-state index in [1.165, 1.54) is 6.07 Å². The van der Waals surface area contributed by atoms with Gasteiger partial charge in [-0.3, -0.25) is 4.98 Å². The van der Waals surface area contributed by atoms with Crippen molar-refractivity contribution in [3.05, 3.63) is 53.9 Å². The maximum absolute atomic E-state index is 12.5.